The molecule has 10 nitrogen and oxygen atoms in total. The number of phosphoric acid groups is 1. The van der Waals surface area contributed by atoms with Crippen molar-refractivity contribution in [1.82, 2.24) is 0 Å². The molecule has 344 valence electrons. The Labute approximate surface area is 356 Å². The van der Waals surface area contributed by atoms with Gasteiger partial charge < -0.3 is 25.2 Å². The minimum Gasteiger partial charge on any atom is -0.480 e. The van der Waals surface area contributed by atoms with Gasteiger partial charge in [0.15, 0.2) is 0 Å². The van der Waals surface area contributed by atoms with Gasteiger partial charge in [-0.1, -0.05) is 206 Å². The standard InChI is InChI=1S/C47H92NO9P/c1-3-5-7-9-11-13-15-17-19-21-22-23-24-26-28-30-32-34-36-38-40-54-41-44(42-55-58(52,53)56-43-45(48)47(50)51)57-46(49)39-37-35-33-31-29-27-25-20-18-16-14-12-10-8-6-4-2/h17,19,44-45H,3-16,18,20-43,48H2,1-2H3,(H,50,51)(H,52,53)/b19-17-. The normalized spacial score (nSPS) is 13.9. The molecule has 3 atom stereocenters. The summed E-state index contributed by atoms with van der Waals surface area (Å²) in [6, 6.07) is -1.47. The summed E-state index contributed by atoms with van der Waals surface area (Å²) in [6.07, 6.45) is 46.9. The first-order valence-corrected chi connectivity index (χ1v) is 25.7. The number of nitrogens with two attached hydrogens (primary N) is 1. The molecule has 0 fully saturated rings. The van der Waals surface area contributed by atoms with Gasteiger partial charge in [-0.25, -0.2) is 4.57 Å². The van der Waals surface area contributed by atoms with Gasteiger partial charge in [0, 0.05) is 13.0 Å². The molecule has 4 N–H and O–H groups in total. The fraction of sp³-hybridized carbons (Fsp3) is 0.915. The molecular weight excluding hydrogens is 753 g/mol. The first kappa shape index (κ1) is 56.7. The van der Waals surface area contributed by atoms with Crippen LogP contribution in [0.1, 0.15) is 239 Å². The Morgan fingerprint density at radius 2 is 0.897 bits per heavy atom. The Bertz CT molecular complexity index is 982. The first-order valence-electron chi connectivity index (χ1n) is 24.2. The van der Waals surface area contributed by atoms with E-state index in [2.05, 4.69) is 26.0 Å². The molecule has 0 radical (unpaired) electrons. The van der Waals surface area contributed by atoms with E-state index in [4.69, 9.17) is 29.4 Å². The second-order valence-electron chi connectivity index (χ2n) is 16.6. The molecule has 11 heteroatoms. The lowest BCUT2D eigenvalue weighted by atomic mass is 10.0. The van der Waals surface area contributed by atoms with Crippen molar-refractivity contribution < 1.29 is 42.7 Å². The third-order valence-electron chi connectivity index (χ3n) is 10.8. The minimum absolute atomic E-state index is 0.0221. The van der Waals surface area contributed by atoms with Crippen LogP contribution in [0.3, 0.4) is 0 Å². The Morgan fingerprint density at radius 3 is 1.31 bits per heavy atom. The number of allylic oxidation sites excluding steroid dienone is 2. The number of hydrogen-bond donors (Lipinski definition) is 3. The molecular formula is C47H92NO9P. The van der Waals surface area contributed by atoms with Crippen LogP contribution >= 0.6 is 7.82 Å². The van der Waals surface area contributed by atoms with Gasteiger partial charge in [-0.05, 0) is 38.5 Å². The van der Waals surface area contributed by atoms with Crippen LogP contribution < -0.4 is 5.73 Å². The molecule has 0 amide bonds. The molecule has 3 unspecified atom stereocenters. The summed E-state index contributed by atoms with van der Waals surface area (Å²) in [6.45, 7) is 3.92. The highest BCUT2D eigenvalue weighted by Crippen LogP contribution is 2.43. The van der Waals surface area contributed by atoms with Crippen molar-refractivity contribution in [2.45, 2.75) is 251 Å². The van der Waals surface area contributed by atoms with E-state index in [0.717, 1.165) is 38.5 Å². The number of hydrogen-bond acceptors (Lipinski definition) is 8. The van der Waals surface area contributed by atoms with E-state index in [1.165, 1.54) is 180 Å². The van der Waals surface area contributed by atoms with E-state index in [1.807, 2.05) is 0 Å². The van der Waals surface area contributed by atoms with Gasteiger partial charge in [-0.3, -0.25) is 18.6 Å². The van der Waals surface area contributed by atoms with E-state index >= 15 is 0 Å². The molecule has 0 aliphatic heterocycles. The Morgan fingerprint density at radius 1 is 0.534 bits per heavy atom. The summed E-state index contributed by atoms with van der Waals surface area (Å²) in [5.41, 5.74) is 5.37. The minimum atomic E-state index is -4.61. The molecule has 0 saturated carbocycles. The number of carboxylic acids is 1. The number of carbonyl (C=O) groups is 2. The molecule has 0 rings (SSSR count). The molecule has 0 saturated heterocycles. The van der Waals surface area contributed by atoms with Crippen LogP contribution in [0.5, 0.6) is 0 Å². The summed E-state index contributed by atoms with van der Waals surface area (Å²) in [5.74, 6) is -1.77. The fourth-order valence-electron chi connectivity index (χ4n) is 7.01. The lowest BCUT2D eigenvalue weighted by molar-refractivity contribution is -0.154. The molecule has 58 heavy (non-hydrogen) atoms. The zero-order chi connectivity index (χ0) is 42.6. The van der Waals surface area contributed by atoms with Crippen LogP contribution in [-0.2, 0) is 32.7 Å². The molecule has 0 spiro atoms. The summed E-state index contributed by atoms with van der Waals surface area (Å²) in [7, 11) is -4.61. The maximum Gasteiger partial charge on any atom is 0.472 e. The van der Waals surface area contributed by atoms with Crippen molar-refractivity contribution in [1.29, 1.82) is 0 Å². The maximum atomic E-state index is 12.7. The van der Waals surface area contributed by atoms with E-state index in [0.29, 0.717) is 6.61 Å². The number of unbranched alkanes of at least 4 members (excludes halogenated alkanes) is 31. The third kappa shape index (κ3) is 42.8. The molecule has 0 aromatic heterocycles. The second-order valence-corrected chi connectivity index (χ2v) is 18.1. The fourth-order valence-corrected chi connectivity index (χ4v) is 7.79. The number of rotatable bonds is 47. The summed E-state index contributed by atoms with van der Waals surface area (Å²) in [5, 5.41) is 8.91. The Balaban J connectivity index is 4.13. The van der Waals surface area contributed by atoms with Crippen LogP contribution in [0.15, 0.2) is 12.2 Å². The SMILES string of the molecule is CCCCCCCC/C=C\CCCCCCCCCCCCOCC(COP(=O)(O)OCC(N)C(=O)O)OC(=O)CCCCCCCCCCCCCCCCCC. The quantitative estimate of drug-likeness (QED) is 0.0233. The van der Waals surface area contributed by atoms with E-state index in [9.17, 15) is 19.0 Å². The van der Waals surface area contributed by atoms with E-state index in [-0.39, 0.29) is 13.0 Å². The monoisotopic (exact) mass is 846 g/mol. The van der Waals surface area contributed by atoms with Crippen molar-refractivity contribution in [2.75, 3.05) is 26.4 Å². The number of carboxylic acid groups (broad SMARTS) is 1. The van der Waals surface area contributed by atoms with Crippen molar-refractivity contribution >= 4 is 19.8 Å². The van der Waals surface area contributed by atoms with Crippen molar-refractivity contribution in [3.63, 3.8) is 0 Å². The van der Waals surface area contributed by atoms with Crippen molar-refractivity contribution in [2.24, 2.45) is 5.73 Å². The zero-order valence-electron chi connectivity index (χ0n) is 37.7. The predicted molar refractivity (Wildman–Crippen MR) is 240 cm³/mol. The average molecular weight is 846 g/mol. The van der Waals surface area contributed by atoms with Crippen molar-refractivity contribution in [3.8, 4) is 0 Å². The predicted octanol–water partition coefficient (Wildman–Crippen LogP) is 13.7. The van der Waals surface area contributed by atoms with E-state index in [1.54, 1.807) is 0 Å². The molecule has 0 aromatic rings. The van der Waals surface area contributed by atoms with Crippen LogP contribution in [0, 0.1) is 0 Å². The lowest BCUT2D eigenvalue weighted by Crippen LogP contribution is -2.34. The molecule has 0 aliphatic rings. The maximum absolute atomic E-state index is 12.7. The van der Waals surface area contributed by atoms with Crippen LogP contribution in [0.2, 0.25) is 0 Å². The van der Waals surface area contributed by atoms with Gasteiger partial charge in [0.25, 0.3) is 0 Å². The summed E-state index contributed by atoms with van der Waals surface area (Å²) >= 11 is 0. The van der Waals surface area contributed by atoms with Gasteiger partial charge in [-0.2, -0.15) is 0 Å². The smallest absolute Gasteiger partial charge is 0.472 e. The van der Waals surface area contributed by atoms with Gasteiger partial charge in [-0.15, -0.1) is 0 Å². The molecule has 0 bridgehead atoms. The number of aliphatic carboxylic acids is 1. The molecule has 0 heterocycles. The van der Waals surface area contributed by atoms with Crippen LogP contribution in [0.4, 0.5) is 0 Å². The highest BCUT2D eigenvalue weighted by molar-refractivity contribution is 7.47. The van der Waals surface area contributed by atoms with Gasteiger partial charge in [0.05, 0.1) is 19.8 Å². The second kappa shape index (κ2) is 43.8. The number of phosphoric ester groups is 1. The van der Waals surface area contributed by atoms with E-state index < -0.39 is 45.1 Å². The topological polar surface area (TPSA) is 155 Å². The molecule has 0 aliphatic carbocycles. The molecule has 0 aromatic carbocycles. The summed E-state index contributed by atoms with van der Waals surface area (Å²) < 4.78 is 33.5. The lowest BCUT2D eigenvalue weighted by Gasteiger charge is -2.20. The number of carbonyl (C=O) groups excluding carboxylic acids is 1. The number of esters is 1. The van der Waals surface area contributed by atoms with Gasteiger partial charge in [0.2, 0.25) is 0 Å². The third-order valence-corrected chi connectivity index (χ3v) is 11.7. The highest BCUT2D eigenvalue weighted by atomic mass is 31.2. The Hall–Kier alpha value is -1.29. The van der Waals surface area contributed by atoms with Crippen LogP contribution in [0.25, 0.3) is 0 Å². The number of ether oxygens (including phenoxy) is 2. The Kier molecular flexibility index (Phi) is 42.8. The average Bonchev–Trinajstić information content (AvgIpc) is 3.20. The van der Waals surface area contributed by atoms with Gasteiger partial charge in [0.1, 0.15) is 12.1 Å². The summed E-state index contributed by atoms with van der Waals surface area (Å²) in [4.78, 5) is 33.6. The zero-order valence-corrected chi connectivity index (χ0v) is 38.6. The highest BCUT2D eigenvalue weighted by Gasteiger charge is 2.27. The van der Waals surface area contributed by atoms with Crippen molar-refractivity contribution in [3.05, 3.63) is 12.2 Å². The largest absolute Gasteiger partial charge is 0.480 e. The van der Waals surface area contributed by atoms with Crippen LogP contribution in [-0.4, -0.2) is 60.5 Å². The first-order chi connectivity index (χ1) is 28.2. The van der Waals surface area contributed by atoms with Gasteiger partial charge >= 0.3 is 19.8 Å².